The van der Waals surface area contributed by atoms with Crippen LogP contribution in [0.3, 0.4) is 0 Å². The number of piperidine rings is 1. The lowest BCUT2D eigenvalue weighted by Gasteiger charge is -2.32. The highest BCUT2D eigenvalue weighted by molar-refractivity contribution is 5.96. The maximum Gasteiger partial charge on any atom is 0.253 e. The van der Waals surface area contributed by atoms with E-state index in [-0.39, 0.29) is 24.3 Å². The fraction of sp³-hybridized carbons (Fsp3) is 0.300. The third-order valence-corrected chi connectivity index (χ3v) is 4.63. The van der Waals surface area contributed by atoms with E-state index >= 15 is 0 Å². The van der Waals surface area contributed by atoms with Gasteiger partial charge >= 0.3 is 0 Å². The first kappa shape index (κ1) is 18.0. The fourth-order valence-electron chi connectivity index (χ4n) is 3.11. The van der Waals surface area contributed by atoms with Crippen molar-refractivity contribution in [1.29, 1.82) is 0 Å². The number of likely N-dealkylation sites (tertiary alicyclic amines) is 1. The second kappa shape index (κ2) is 7.64. The predicted octanol–water partition coefficient (Wildman–Crippen LogP) is 3.76. The number of nitrogens with zero attached hydrogens (tertiary/aromatic N) is 1. The van der Waals surface area contributed by atoms with Crippen LogP contribution in [0.5, 0.6) is 0 Å². The van der Waals surface area contributed by atoms with Crippen LogP contribution in [0, 0.1) is 24.5 Å². The van der Waals surface area contributed by atoms with Gasteiger partial charge in [0.2, 0.25) is 5.91 Å². The van der Waals surface area contributed by atoms with Crippen LogP contribution in [0.25, 0.3) is 0 Å². The molecule has 3 rings (SSSR count). The number of hydrogen-bond acceptors (Lipinski definition) is 2. The lowest BCUT2D eigenvalue weighted by molar-refractivity contribution is -0.121. The number of aryl methyl sites for hydroxylation is 1. The summed E-state index contributed by atoms with van der Waals surface area (Å²) in [5.74, 6) is -1.62. The normalized spacial score (nSPS) is 17.0. The Morgan fingerprint density at radius 1 is 1.08 bits per heavy atom. The van der Waals surface area contributed by atoms with Gasteiger partial charge in [-0.05, 0) is 61.7 Å². The minimum Gasteiger partial charge on any atom is -0.338 e. The number of hydrogen-bond donors (Lipinski definition) is 1. The molecule has 1 N–H and O–H groups in total. The van der Waals surface area contributed by atoms with E-state index in [0.29, 0.717) is 30.6 Å². The number of carbonyl (C=O) groups excluding carboxylic acids is 2. The summed E-state index contributed by atoms with van der Waals surface area (Å²) < 4.78 is 26.4. The molecule has 1 fully saturated rings. The summed E-state index contributed by atoms with van der Waals surface area (Å²) in [4.78, 5) is 26.7. The molecule has 2 aromatic carbocycles. The number of nitrogens with one attached hydrogen (secondary N) is 1. The van der Waals surface area contributed by atoms with E-state index in [2.05, 4.69) is 5.32 Å². The Morgan fingerprint density at radius 3 is 2.50 bits per heavy atom. The summed E-state index contributed by atoms with van der Waals surface area (Å²) >= 11 is 0. The van der Waals surface area contributed by atoms with E-state index in [9.17, 15) is 18.4 Å². The van der Waals surface area contributed by atoms with Gasteiger partial charge in [-0.15, -0.1) is 0 Å². The molecule has 0 saturated carbocycles. The van der Waals surface area contributed by atoms with Crippen LogP contribution in [0.4, 0.5) is 14.5 Å². The number of amides is 2. The molecule has 0 bridgehead atoms. The molecule has 1 saturated heterocycles. The molecule has 1 aliphatic rings. The largest absolute Gasteiger partial charge is 0.338 e. The molecule has 136 valence electrons. The number of benzene rings is 2. The highest BCUT2D eigenvalue weighted by Crippen LogP contribution is 2.22. The number of anilines is 1. The van der Waals surface area contributed by atoms with E-state index in [4.69, 9.17) is 0 Å². The zero-order valence-corrected chi connectivity index (χ0v) is 14.5. The van der Waals surface area contributed by atoms with Gasteiger partial charge in [0.1, 0.15) is 11.6 Å². The molecular formula is C20H20F2N2O2. The van der Waals surface area contributed by atoms with Crippen LogP contribution < -0.4 is 5.32 Å². The Kier molecular flexibility index (Phi) is 5.30. The molecule has 1 unspecified atom stereocenters. The molecule has 1 aliphatic heterocycles. The SMILES string of the molecule is Cc1ccc(F)cc1NC(=O)C1CCCN(C(=O)c2ccc(F)cc2)C1. The van der Waals surface area contributed by atoms with Crippen LogP contribution in [0.2, 0.25) is 0 Å². The van der Waals surface area contributed by atoms with Crippen LogP contribution in [-0.4, -0.2) is 29.8 Å². The van der Waals surface area contributed by atoms with Crippen molar-refractivity contribution in [2.45, 2.75) is 19.8 Å². The van der Waals surface area contributed by atoms with Gasteiger partial charge < -0.3 is 10.2 Å². The van der Waals surface area contributed by atoms with Gasteiger partial charge in [0, 0.05) is 24.3 Å². The van der Waals surface area contributed by atoms with Crippen molar-refractivity contribution in [3.63, 3.8) is 0 Å². The molecule has 26 heavy (non-hydrogen) atoms. The Morgan fingerprint density at radius 2 is 1.77 bits per heavy atom. The van der Waals surface area contributed by atoms with Crippen molar-refractivity contribution >= 4 is 17.5 Å². The van der Waals surface area contributed by atoms with Crippen molar-refractivity contribution < 1.29 is 18.4 Å². The molecule has 0 aromatic heterocycles. The first-order chi connectivity index (χ1) is 12.4. The lowest BCUT2D eigenvalue weighted by Crippen LogP contribution is -2.43. The van der Waals surface area contributed by atoms with Gasteiger partial charge in [-0.2, -0.15) is 0 Å². The number of halogens is 2. The minimum absolute atomic E-state index is 0.218. The molecule has 1 atom stereocenters. The zero-order chi connectivity index (χ0) is 18.7. The van der Waals surface area contributed by atoms with Gasteiger partial charge in [0.15, 0.2) is 0 Å². The van der Waals surface area contributed by atoms with E-state index in [1.807, 2.05) is 0 Å². The molecule has 4 nitrogen and oxygen atoms in total. The average Bonchev–Trinajstić information content (AvgIpc) is 2.65. The average molecular weight is 358 g/mol. The van der Waals surface area contributed by atoms with Crippen molar-refractivity contribution in [3.05, 3.63) is 65.2 Å². The van der Waals surface area contributed by atoms with Crippen LogP contribution >= 0.6 is 0 Å². The summed E-state index contributed by atoms with van der Waals surface area (Å²) in [6.45, 7) is 2.63. The van der Waals surface area contributed by atoms with Crippen LogP contribution in [-0.2, 0) is 4.79 Å². The first-order valence-electron chi connectivity index (χ1n) is 8.56. The van der Waals surface area contributed by atoms with E-state index in [1.54, 1.807) is 17.9 Å². The van der Waals surface area contributed by atoms with Gasteiger partial charge in [-0.1, -0.05) is 6.07 Å². The monoisotopic (exact) mass is 358 g/mol. The second-order valence-electron chi connectivity index (χ2n) is 6.55. The topological polar surface area (TPSA) is 49.4 Å². The molecule has 0 aliphatic carbocycles. The zero-order valence-electron chi connectivity index (χ0n) is 14.5. The lowest BCUT2D eigenvalue weighted by atomic mass is 9.96. The van der Waals surface area contributed by atoms with Gasteiger partial charge in [0.25, 0.3) is 5.91 Å². The minimum atomic E-state index is -0.414. The Bertz CT molecular complexity index is 821. The molecule has 1 heterocycles. The van der Waals surface area contributed by atoms with Gasteiger partial charge in [-0.3, -0.25) is 9.59 Å². The standard InChI is InChI=1S/C20H20F2N2O2/c1-13-4-7-17(22)11-18(13)23-19(25)15-3-2-10-24(12-15)20(26)14-5-8-16(21)9-6-14/h4-9,11,15H,2-3,10,12H2,1H3,(H,23,25). The maximum atomic E-state index is 13.4. The summed E-state index contributed by atoms with van der Waals surface area (Å²) in [6.07, 6.45) is 1.36. The summed E-state index contributed by atoms with van der Waals surface area (Å²) in [5, 5.41) is 2.76. The maximum absolute atomic E-state index is 13.4. The van der Waals surface area contributed by atoms with Gasteiger partial charge in [0.05, 0.1) is 5.92 Å². The Hall–Kier alpha value is -2.76. The first-order valence-corrected chi connectivity index (χ1v) is 8.56. The summed E-state index contributed by atoms with van der Waals surface area (Å²) in [6, 6.07) is 9.61. The van der Waals surface area contributed by atoms with E-state index < -0.39 is 11.6 Å². The molecule has 0 radical (unpaired) electrons. The molecule has 2 aromatic rings. The van der Waals surface area contributed by atoms with Crippen molar-refractivity contribution in [2.24, 2.45) is 5.92 Å². The third kappa shape index (κ3) is 4.07. The van der Waals surface area contributed by atoms with Crippen LogP contribution in [0.15, 0.2) is 42.5 Å². The highest BCUT2D eigenvalue weighted by Gasteiger charge is 2.29. The van der Waals surface area contributed by atoms with Crippen molar-refractivity contribution in [2.75, 3.05) is 18.4 Å². The summed E-state index contributed by atoms with van der Waals surface area (Å²) in [5.41, 5.74) is 1.61. The predicted molar refractivity (Wildman–Crippen MR) is 94.8 cm³/mol. The fourth-order valence-corrected chi connectivity index (χ4v) is 3.11. The van der Waals surface area contributed by atoms with Crippen LogP contribution in [0.1, 0.15) is 28.8 Å². The van der Waals surface area contributed by atoms with Crippen molar-refractivity contribution in [1.82, 2.24) is 4.90 Å². The molecule has 0 spiro atoms. The third-order valence-electron chi connectivity index (χ3n) is 4.63. The van der Waals surface area contributed by atoms with E-state index in [1.165, 1.54) is 36.4 Å². The Labute approximate surface area is 150 Å². The number of carbonyl (C=O) groups is 2. The smallest absolute Gasteiger partial charge is 0.253 e. The Balaban J connectivity index is 1.67. The molecule has 6 heteroatoms. The second-order valence-corrected chi connectivity index (χ2v) is 6.55. The molecular weight excluding hydrogens is 338 g/mol. The van der Waals surface area contributed by atoms with E-state index in [0.717, 1.165) is 5.56 Å². The molecule has 2 amide bonds. The summed E-state index contributed by atoms with van der Waals surface area (Å²) in [7, 11) is 0. The van der Waals surface area contributed by atoms with Crippen molar-refractivity contribution in [3.8, 4) is 0 Å². The highest BCUT2D eigenvalue weighted by atomic mass is 19.1. The quantitative estimate of drug-likeness (QED) is 0.908. The van der Waals surface area contributed by atoms with Gasteiger partial charge in [-0.25, -0.2) is 8.78 Å². The number of rotatable bonds is 3.